The summed E-state index contributed by atoms with van der Waals surface area (Å²) in [7, 11) is -4.41. The summed E-state index contributed by atoms with van der Waals surface area (Å²) in [5.41, 5.74) is 5.27. The number of carbonyl (C=O) groups is 2. The third-order valence-corrected chi connectivity index (χ3v) is 8.86. The van der Waals surface area contributed by atoms with Gasteiger partial charge in [-0.1, -0.05) is 12.1 Å². The summed E-state index contributed by atoms with van der Waals surface area (Å²) in [6.07, 6.45) is -7.01. The van der Waals surface area contributed by atoms with E-state index in [4.69, 9.17) is 10.3 Å². The van der Waals surface area contributed by atoms with E-state index in [1.807, 2.05) is 0 Å². The summed E-state index contributed by atoms with van der Waals surface area (Å²) in [4.78, 5) is 35.4. The van der Waals surface area contributed by atoms with Gasteiger partial charge in [0.25, 0.3) is 10.1 Å². The number of hydrogen-bond acceptors (Lipinski definition) is 9. The van der Waals surface area contributed by atoms with Crippen LogP contribution in [0.1, 0.15) is 42.6 Å². The number of carbonyl (C=O) groups excluding carboxylic acids is 2. The molecule has 5 N–H and O–H groups in total. The average Bonchev–Trinajstić information content (AvgIpc) is 2.95. The van der Waals surface area contributed by atoms with Crippen molar-refractivity contribution in [1.82, 2.24) is 20.6 Å². The molecule has 3 heterocycles. The summed E-state index contributed by atoms with van der Waals surface area (Å²) in [5, 5.41) is 5.21. The van der Waals surface area contributed by atoms with Gasteiger partial charge in [-0.15, -0.1) is 0 Å². The minimum Gasteiger partial charge on any atom is -0.356 e. The van der Waals surface area contributed by atoms with Gasteiger partial charge in [0.1, 0.15) is 23.7 Å². The number of piperidine rings is 1. The van der Waals surface area contributed by atoms with Gasteiger partial charge in [0.15, 0.2) is 0 Å². The number of nitrogens with two attached hydrogens (primary N) is 1. The fraction of sp³-hybridized carbons (Fsp3) is 0.571. The van der Waals surface area contributed by atoms with Crippen molar-refractivity contribution in [2.75, 3.05) is 48.3 Å². The van der Waals surface area contributed by atoms with Crippen LogP contribution < -0.4 is 26.2 Å². The predicted molar refractivity (Wildman–Crippen MR) is 158 cm³/mol. The molecule has 0 spiro atoms. The Labute approximate surface area is 266 Å². The highest BCUT2D eigenvalue weighted by Gasteiger charge is 2.40. The van der Waals surface area contributed by atoms with Gasteiger partial charge in [-0.2, -0.15) is 34.8 Å². The lowest BCUT2D eigenvalue weighted by molar-refractivity contribution is -0.144. The van der Waals surface area contributed by atoms with E-state index in [9.17, 15) is 44.3 Å². The monoisotopic (exact) mass is 695 g/mol. The van der Waals surface area contributed by atoms with E-state index in [2.05, 4.69) is 20.6 Å². The second-order valence-corrected chi connectivity index (χ2v) is 13.0. The van der Waals surface area contributed by atoms with E-state index in [0.29, 0.717) is 44.3 Å². The first-order valence-corrected chi connectivity index (χ1v) is 16.4. The van der Waals surface area contributed by atoms with Gasteiger partial charge in [-0.3, -0.25) is 14.1 Å². The van der Waals surface area contributed by atoms with E-state index in [1.165, 1.54) is 23.1 Å². The lowest BCUT2D eigenvalue weighted by Crippen LogP contribution is -2.57. The van der Waals surface area contributed by atoms with Gasteiger partial charge in [0.2, 0.25) is 17.6 Å². The van der Waals surface area contributed by atoms with Gasteiger partial charge in [-0.05, 0) is 55.7 Å². The predicted octanol–water partition coefficient (Wildman–Crippen LogP) is 2.39. The molecule has 0 bridgehead atoms. The fourth-order valence-electron chi connectivity index (χ4n) is 5.38. The summed E-state index contributed by atoms with van der Waals surface area (Å²) in [6, 6.07) is 3.75. The van der Waals surface area contributed by atoms with Crippen LogP contribution in [0.5, 0.6) is 0 Å². The number of amides is 2. The van der Waals surface area contributed by atoms with Crippen molar-refractivity contribution >= 4 is 33.6 Å². The van der Waals surface area contributed by atoms with Gasteiger partial charge in [0, 0.05) is 38.8 Å². The second-order valence-electron chi connectivity index (χ2n) is 11.5. The van der Waals surface area contributed by atoms with E-state index < -0.39 is 63.5 Å². The van der Waals surface area contributed by atoms with Crippen molar-refractivity contribution in [3.05, 3.63) is 47.3 Å². The molecule has 1 aromatic heterocycles. The van der Waals surface area contributed by atoms with Crippen molar-refractivity contribution in [1.29, 1.82) is 0 Å². The lowest BCUT2D eigenvalue weighted by Gasteiger charge is -2.41. The van der Waals surface area contributed by atoms with Crippen molar-refractivity contribution in [2.24, 2.45) is 11.7 Å². The van der Waals surface area contributed by atoms with Crippen LogP contribution in [0.2, 0.25) is 0 Å². The largest absolute Gasteiger partial charge is 0.451 e. The van der Waals surface area contributed by atoms with Crippen LogP contribution in [-0.4, -0.2) is 85.3 Å². The highest BCUT2D eigenvalue weighted by atomic mass is 32.2. The van der Waals surface area contributed by atoms with Crippen molar-refractivity contribution < 1.29 is 48.9 Å². The first-order valence-electron chi connectivity index (χ1n) is 14.8. The standard InChI is InChI=1S/C28H35F6N7O5S/c29-27(30,31)19-3-1-17(2-4-19)5-11-37-25(43)21-9-14-41(21)23-15-22(38-26(39-23)28(32,33)34)40-12-7-18(8-13-40)6-10-36-24(42)20(35)16-47(44,45)46/h1-4,15,18,20-21H,5-14,16,35H2,(H,36,42)(H,37,43)(H,44,45,46). The highest BCUT2D eigenvalue weighted by Crippen LogP contribution is 2.34. The molecule has 2 saturated heterocycles. The molecule has 2 aliphatic heterocycles. The summed E-state index contributed by atoms with van der Waals surface area (Å²) in [6.45, 7) is 1.33. The molecule has 1 aromatic carbocycles. The van der Waals surface area contributed by atoms with Crippen molar-refractivity contribution in [3.63, 3.8) is 0 Å². The molecule has 2 aliphatic rings. The number of nitrogens with one attached hydrogen (secondary N) is 2. The number of hydrogen-bond donors (Lipinski definition) is 4. The lowest BCUT2D eigenvalue weighted by atomic mass is 9.93. The molecule has 19 heteroatoms. The SMILES string of the molecule is NC(CS(=O)(=O)O)C(=O)NCCC1CCN(c2cc(N3CCC3C(=O)NCCc3ccc(C(F)(F)F)cc3)nc(C(F)(F)F)n2)CC1. The zero-order valence-electron chi connectivity index (χ0n) is 25.0. The summed E-state index contributed by atoms with van der Waals surface area (Å²) < 4.78 is 110. The molecule has 2 fully saturated rings. The molecular formula is C28H35F6N7O5S. The highest BCUT2D eigenvalue weighted by molar-refractivity contribution is 7.85. The quantitative estimate of drug-likeness (QED) is 0.191. The molecule has 4 rings (SSSR count). The van der Waals surface area contributed by atoms with Crippen LogP contribution in [-0.2, 0) is 38.5 Å². The molecule has 2 unspecified atom stereocenters. The molecule has 260 valence electrons. The molecule has 0 radical (unpaired) electrons. The van der Waals surface area contributed by atoms with Gasteiger partial charge >= 0.3 is 12.4 Å². The first-order chi connectivity index (χ1) is 21.9. The maximum absolute atomic E-state index is 13.8. The van der Waals surface area contributed by atoms with Crippen LogP contribution in [0, 0.1) is 5.92 Å². The van der Waals surface area contributed by atoms with E-state index in [-0.39, 0.29) is 43.6 Å². The van der Waals surface area contributed by atoms with Crippen LogP contribution in [0.15, 0.2) is 30.3 Å². The van der Waals surface area contributed by atoms with Crippen LogP contribution in [0.25, 0.3) is 0 Å². The Morgan fingerprint density at radius 1 is 0.936 bits per heavy atom. The molecule has 2 atom stereocenters. The van der Waals surface area contributed by atoms with Crippen molar-refractivity contribution in [3.8, 4) is 0 Å². The summed E-state index contributed by atoms with van der Waals surface area (Å²) >= 11 is 0. The van der Waals surface area contributed by atoms with Crippen LogP contribution in [0.3, 0.4) is 0 Å². The zero-order valence-corrected chi connectivity index (χ0v) is 25.8. The zero-order chi connectivity index (χ0) is 34.6. The van der Waals surface area contributed by atoms with E-state index in [1.54, 1.807) is 4.90 Å². The number of alkyl halides is 6. The maximum atomic E-state index is 13.8. The number of aromatic nitrogens is 2. The molecule has 0 saturated carbocycles. The Morgan fingerprint density at radius 2 is 1.57 bits per heavy atom. The number of rotatable bonds is 12. The molecule has 12 nitrogen and oxygen atoms in total. The smallest absolute Gasteiger partial charge is 0.356 e. The van der Waals surface area contributed by atoms with Gasteiger partial charge in [-0.25, -0.2) is 9.97 Å². The fourth-order valence-corrected chi connectivity index (χ4v) is 5.99. The Balaban J connectivity index is 1.32. The second kappa shape index (κ2) is 14.6. The molecule has 2 aromatic rings. The Morgan fingerprint density at radius 3 is 2.13 bits per heavy atom. The Bertz CT molecular complexity index is 1520. The molecule has 47 heavy (non-hydrogen) atoms. The van der Waals surface area contributed by atoms with Gasteiger partial charge < -0.3 is 26.2 Å². The number of anilines is 2. The molecule has 2 amide bonds. The minimum atomic E-state index is -4.85. The average molecular weight is 696 g/mol. The summed E-state index contributed by atoms with van der Waals surface area (Å²) in [5.74, 6) is -3.31. The third kappa shape index (κ3) is 10.1. The maximum Gasteiger partial charge on any atom is 0.451 e. The Hall–Kier alpha value is -3.71. The van der Waals surface area contributed by atoms with E-state index >= 15 is 0 Å². The number of halogens is 6. The van der Waals surface area contributed by atoms with E-state index in [0.717, 1.165) is 12.1 Å². The first kappa shape index (κ1) is 36.1. The third-order valence-electron chi connectivity index (χ3n) is 8.08. The number of nitrogens with zero attached hydrogens (tertiary/aromatic N) is 4. The molecule has 0 aliphatic carbocycles. The van der Waals surface area contributed by atoms with Crippen LogP contribution >= 0.6 is 0 Å². The number of benzene rings is 1. The van der Waals surface area contributed by atoms with Gasteiger partial charge in [0.05, 0.1) is 11.3 Å². The van der Waals surface area contributed by atoms with Crippen LogP contribution in [0.4, 0.5) is 38.0 Å². The molecular weight excluding hydrogens is 660 g/mol. The normalized spacial score (nSPS) is 18.4. The topological polar surface area (TPSA) is 171 Å². The van der Waals surface area contributed by atoms with Crippen molar-refractivity contribution in [2.45, 2.75) is 56.5 Å². The minimum absolute atomic E-state index is 0.0532. The Kier molecular flexibility index (Phi) is 11.2.